The molecule has 0 aliphatic heterocycles. The van der Waals surface area contributed by atoms with Gasteiger partial charge in [-0.15, -0.1) is 0 Å². The highest BCUT2D eigenvalue weighted by Gasteiger charge is 2.31. The van der Waals surface area contributed by atoms with Gasteiger partial charge in [-0.1, -0.05) is 20.3 Å². The molecule has 0 aromatic rings. The molecule has 0 fully saturated rings. The molecule has 4 atom stereocenters. The number of carboxylic acid groups (broad SMARTS) is 1. The first-order valence-corrected chi connectivity index (χ1v) is 11.1. The van der Waals surface area contributed by atoms with E-state index in [9.17, 15) is 29.1 Å². The number of primary amides is 1. The van der Waals surface area contributed by atoms with Crippen LogP contribution in [0.3, 0.4) is 0 Å². The summed E-state index contributed by atoms with van der Waals surface area (Å²) in [6.45, 7) is 3.70. The first-order valence-electron chi connectivity index (χ1n) is 10.4. The molecule has 13 heteroatoms. The number of aliphatic carboxylic acids is 1. The Morgan fingerprint density at radius 3 is 1.94 bits per heavy atom. The van der Waals surface area contributed by atoms with Gasteiger partial charge in [-0.3, -0.25) is 19.2 Å². The second-order valence-electron chi connectivity index (χ2n) is 7.77. The molecule has 0 aliphatic rings. The van der Waals surface area contributed by atoms with Crippen molar-refractivity contribution in [1.82, 2.24) is 16.0 Å². The van der Waals surface area contributed by atoms with Gasteiger partial charge in [0.05, 0.1) is 6.04 Å². The largest absolute Gasteiger partial charge is 0.480 e. The van der Waals surface area contributed by atoms with Crippen molar-refractivity contribution in [2.75, 3.05) is 12.3 Å². The SMILES string of the molecule is CC(C)C(NC(=O)C(CCC(N)=O)NC(=O)C(CS)NC(=O)C(N)CCCCN)C(=O)O. The summed E-state index contributed by atoms with van der Waals surface area (Å²) >= 11 is 4.07. The van der Waals surface area contributed by atoms with Crippen molar-refractivity contribution in [1.29, 1.82) is 0 Å². The maximum Gasteiger partial charge on any atom is 0.326 e. The average Bonchev–Trinajstić information content (AvgIpc) is 2.71. The summed E-state index contributed by atoms with van der Waals surface area (Å²) in [4.78, 5) is 60.1. The van der Waals surface area contributed by atoms with Gasteiger partial charge in [-0.05, 0) is 31.7 Å². The molecule has 0 saturated carbocycles. The predicted molar refractivity (Wildman–Crippen MR) is 121 cm³/mol. The summed E-state index contributed by atoms with van der Waals surface area (Å²) in [7, 11) is 0. The molecule has 0 saturated heterocycles. The van der Waals surface area contributed by atoms with E-state index in [0.29, 0.717) is 25.8 Å². The molecule has 0 heterocycles. The summed E-state index contributed by atoms with van der Waals surface area (Å²) in [6, 6.07) is -4.38. The number of unbranched alkanes of at least 4 members (excludes halogenated alkanes) is 1. The van der Waals surface area contributed by atoms with Crippen molar-refractivity contribution >= 4 is 42.2 Å². The lowest BCUT2D eigenvalue weighted by Crippen LogP contribution is -2.58. The summed E-state index contributed by atoms with van der Waals surface area (Å²) < 4.78 is 0. The monoisotopic (exact) mass is 476 g/mol. The fourth-order valence-corrected chi connectivity index (χ4v) is 2.96. The van der Waals surface area contributed by atoms with Crippen LogP contribution in [0.4, 0.5) is 0 Å². The lowest BCUT2D eigenvalue weighted by Gasteiger charge is -2.25. The highest BCUT2D eigenvalue weighted by Crippen LogP contribution is 2.06. The van der Waals surface area contributed by atoms with Crippen LogP contribution in [0.1, 0.15) is 46.0 Å². The third-order valence-electron chi connectivity index (χ3n) is 4.66. The number of rotatable bonds is 16. The zero-order chi connectivity index (χ0) is 24.8. The van der Waals surface area contributed by atoms with E-state index in [1.54, 1.807) is 13.8 Å². The van der Waals surface area contributed by atoms with Crippen molar-refractivity contribution < 1.29 is 29.1 Å². The van der Waals surface area contributed by atoms with Gasteiger partial charge in [0, 0.05) is 12.2 Å². The predicted octanol–water partition coefficient (Wildman–Crippen LogP) is -2.17. The van der Waals surface area contributed by atoms with Gasteiger partial charge in [0.15, 0.2) is 0 Å². The molecule has 0 spiro atoms. The summed E-state index contributed by atoms with van der Waals surface area (Å²) in [5.74, 6) is -4.52. The van der Waals surface area contributed by atoms with E-state index in [1.807, 2.05) is 0 Å². The minimum absolute atomic E-state index is 0.0823. The maximum atomic E-state index is 12.7. The Hall–Kier alpha value is -2.38. The van der Waals surface area contributed by atoms with E-state index < -0.39 is 59.7 Å². The summed E-state index contributed by atoms with van der Waals surface area (Å²) in [6.07, 6.45) is 1.38. The van der Waals surface area contributed by atoms with Crippen molar-refractivity contribution in [3.05, 3.63) is 0 Å². The van der Waals surface area contributed by atoms with Crippen LogP contribution in [0, 0.1) is 5.92 Å². The smallest absolute Gasteiger partial charge is 0.326 e. The molecule has 12 nitrogen and oxygen atoms in total. The van der Waals surface area contributed by atoms with Gasteiger partial charge in [-0.2, -0.15) is 12.6 Å². The molecule has 0 rings (SSSR count). The summed E-state index contributed by atoms with van der Waals surface area (Å²) in [5, 5.41) is 16.5. The van der Waals surface area contributed by atoms with Gasteiger partial charge >= 0.3 is 5.97 Å². The maximum absolute atomic E-state index is 12.7. The van der Waals surface area contributed by atoms with E-state index in [4.69, 9.17) is 17.2 Å². The van der Waals surface area contributed by atoms with Crippen LogP contribution < -0.4 is 33.2 Å². The molecular formula is C19H36N6O6S. The lowest BCUT2D eigenvalue weighted by atomic mass is 10.0. The fraction of sp³-hybridized carbons (Fsp3) is 0.737. The highest BCUT2D eigenvalue weighted by molar-refractivity contribution is 7.80. The lowest BCUT2D eigenvalue weighted by molar-refractivity contribution is -0.143. The van der Waals surface area contributed by atoms with Crippen LogP contribution in [0.15, 0.2) is 0 Å². The molecule has 0 aliphatic carbocycles. The van der Waals surface area contributed by atoms with Crippen LogP contribution in [0.2, 0.25) is 0 Å². The van der Waals surface area contributed by atoms with E-state index >= 15 is 0 Å². The average molecular weight is 477 g/mol. The molecule has 0 aromatic carbocycles. The van der Waals surface area contributed by atoms with Crippen molar-refractivity contribution in [3.8, 4) is 0 Å². The zero-order valence-corrected chi connectivity index (χ0v) is 19.4. The second kappa shape index (κ2) is 15.4. The Morgan fingerprint density at radius 2 is 1.47 bits per heavy atom. The molecule has 0 aromatic heterocycles. The van der Waals surface area contributed by atoms with Gasteiger partial charge in [0.25, 0.3) is 0 Å². The number of hydrogen-bond donors (Lipinski definition) is 8. The third-order valence-corrected chi connectivity index (χ3v) is 5.03. The topological polar surface area (TPSA) is 220 Å². The molecule has 184 valence electrons. The van der Waals surface area contributed by atoms with Crippen molar-refractivity contribution in [2.45, 2.75) is 70.1 Å². The molecule has 4 amide bonds. The number of thiol groups is 1. The zero-order valence-electron chi connectivity index (χ0n) is 18.5. The second-order valence-corrected chi connectivity index (χ2v) is 8.13. The number of carbonyl (C=O) groups is 5. The van der Waals surface area contributed by atoms with Gasteiger partial charge in [0.1, 0.15) is 18.1 Å². The molecule has 32 heavy (non-hydrogen) atoms. The van der Waals surface area contributed by atoms with E-state index in [1.165, 1.54) is 0 Å². The Kier molecular flexibility index (Phi) is 14.3. The summed E-state index contributed by atoms with van der Waals surface area (Å²) in [5.41, 5.74) is 16.4. The third kappa shape index (κ3) is 11.3. The van der Waals surface area contributed by atoms with Crippen LogP contribution >= 0.6 is 12.6 Å². The van der Waals surface area contributed by atoms with Crippen LogP contribution in [-0.2, 0) is 24.0 Å². The number of amides is 4. The molecule has 0 radical (unpaired) electrons. The van der Waals surface area contributed by atoms with Crippen LogP contribution in [-0.4, -0.2) is 71.2 Å². The molecule has 0 bridgehead atoms. The van der Waals surface area contributed by atoms with Crippen molar-refractivity contribution in [2.24, 2.45) is 23.1 Å². The first-order chi connectivity index (χ1) is 14.9. The highest BCUT2D eigenvalue weighted by atomic mass is 32.1. The number of carboxylic acids is 1. The van der Waals surface area contributed by atoms with Gasteiger partial charge < -0.3 is 38.3 Å². The quantitative estimate of drug-likeness (QED) is 0.0902. The van der Waals surface area contributed by atoms with Gasteiger partial charge in [0.2, 0.25) is 23.6 Å². The number of carbonyl (C=O) groups excluding carboxylic acids is 4. The van der Waals surface area contributed by atoms with Crippen LogP contribution in [0.5, 0.6) is 0 Å². The Balaban J connectivity index is 5.23. The number of nitrogens with two attached hydrogens (primary N) is 3. The number of hydrogen-bond acceptors (Lipinski definition) is 8. The Bertz CT molecular complexity index is 662. The molecule has 4 unspecified atom stereocenters. The minimum Gasteiger partial charge on any atom is -0.480 e. The molecular weight excluding hydrogens is 440 g/mol. The fourth-order valence-electron chi connectivity index (χ4n) is 2.71. The standard InChI is InChI=1S/C19H36N6O6S/c1-10(2)15(19(30)31)25-17(28)12(6-7-14(22)26)23-18(29)13(9-32)24-16(27)11(21)5-3-4-8-20/h10-13,15,32H,3-9,20-21H2,1-2H3,(H2,22,26)(H,23,29)(H,24,27)(H,25,28)(H,30,31). The van der Waals surface area contributed by atoms with Crippen molar-refractivity contribution in [3.63, 3.8) is 0 Å². The van der Waals surface area contributed by atoms with Gasteiger partial charge in [-0.25, -0.2) is 4.79 Å². The van der Waals surface area contributed by atoms with E-state index in [-0.39, 0.29) is 18.6 Å². The Labute approximate surface area is 193 Å². The minimum atomic E-state index is -1.24. The van der Waals surface area contributed by atoms with E-state index in [0.717, 1.165) is 0 Å². The Morgan fingerprint density at radius 1 is 0.906 bits per heavy atom. The normalized spacial score (nSPS) is 14.7. The number of nitrogens with one attached hydrogen (secondary N) is 3. The first kappa shape index (κ1) is 29.6. The van der Waals surface area contributed by atoms with E-state index in [2.05, 4.69) is 28.6 Å². The molecule has 10 N–H and O–H groups in total. The van der Waals surface area contributed by atoms with Crippen LogP contribution in [0.25, 0.3) is 0 Å².